The Morgan fingerprint density at radius 2 is 1.64 bits per heavy atom. The Morgan fingerprint density at radius 3 is 2.05 bits per heavy atom. The summed E-state index contributed by atoms with van der Waals surface area (Å²) in [6.45, 7) is 9.04. The van der Waals surface area contributed by atoms with Gasteiger partial charge in [-0.15, -0.1) is 0 Å². The number of ether oxygens (including phenoxy) is 1. The maximum Gasteiger partial charge on any atom is 0.417 e. The fourth-order valence-corrected chi connectivity index (χ4v) is 2.88. The standard InChI is InChI=1S/C15H22F4O2Si/c1-14(2,3)22(5,6)21-13(15(17,18)19)11-8-7-10(16)9-12(11)20-4/h7-9,13H,1-6H3. The maximum atomic E-state index is 13.5. The Bertz CT molecular complexity index is 521. The van der Waals surface area contributed by atoms with Gasteiger partial charge in [0.2, 0.25) is 0 Å². The first kappa shape index (κ1) is 19.0. The van der Waals surface area contributed by atoms with Crippen molar-refractivity contribution in [1.29, 1.82) is 0 Å². The summed E-state index contributed by atoms with van der Waals surface area (Å²) in [5.74, 6) is -0.824. The van der Waals surface area contributed by atoms with E-state index in [1.807, 2.05) is 20.8 Å². The van der Waals surface area contributed by atoms with Crippen LogP contribution < -0.4 is 4.74 Å². The molecule has 0 N–H and O–H groups in total. The summed E-state index contributed by atoms with van der Waals surface area (Å²) in [7, 11) is -1.47. The predicted molar refractivity (Wildman–Crippen MR) is 80.0 cm³/mol. The summed E-state index contributed by atoms with van der Waals surface area (Å²) >= 11 is 0. The van der Waals surface area contributed by atoms with Gasteiger partial charge in [0.15, 0.2) is 14.4 Å². The van der Waals surface area contributed by atoms with Crippen LogP contribution in [0.25, 0.3) is 0 Å². The van der Waals surface area contributed by atoms with E-state index in [4.69, 9.17) is 9.16 Å². The van der Waals surface area contributed by atoms with Crippen molar-refractivity contribution in [1.82, 2.24) is 0 Å². The highest BCUT2D eigenvalue weighted by Crippen LogP contribution is 2.46. The Hall–Kier alpha value is -1.08. The number of alkyl halides is 3. The summed E-state index contributed by atoms with van der Waals surface area (Å²) in [4.78, 5) is 0. The van der Waals surface area contributed by atoms with Gasteiger partial charge in [-0.3, -0.25) is 0 Å². The van der Waals surface area contributed by atoms with Crippen molar-refractivity contribution >= 4 is 8.32 Å². The molecule has 1 aromatic rings. The molecule has 0 aliphatic rings. The smallest absolute Gasteiger partial charge is 0.417 e. The van der Waals surface area contributed by atoms with Crippen LogP contribution in [-0.2, 0) is 4.43 Å². The number of hydrogen-bond acceptors (Lipinski definition) is 2. The van der Waals surface area contributed by atoms with Crippen molar-refractivity contribution in [2.75, 3.05) is 7.11 Å². The minimum Gasteiger partial charge on any atom is -0.496 e. The zero-order valence-electron chi connectivity index (χ0n) is 13.6. The normalized spacial score (nSPS) is 14.8. The van der Waals surface area contributed by atoms with Gasteiger partial charge in [-0.2, -0.15) is 13.2 Å². The Morgan fingerprint density at radius 1 is 1.09 bits per heavy atom. The van der Waals surface area contributed by atoms with Gasteiger partial charge < -0.3 is 9.16 Å². The molecule has 0 aromatic heterocycles. The van der Waals surface area contributed by atoms with Crippen molar-refractivity contribution in [3.05, 3.63) is 29.6 Å². The third kappa shape index (κ3) is 4.22. The van der Waals surface area contributed by atoms with Crippen LogP contribution in [0.2, 0.25) is 18.1 Å². The van der Waals surface area contributed by atoms with E-state index >= 15 is 0 Å². The van der Waals surface area contributed by atoms with Crippen LogP contribution in [0, 0.1) is 5.82 Å². The topological polar surface area (TPSA) is 18.5 Å². The molecule has 0 aliphatic heterocycles. The van der Waals surface area contributed by atoms with Gasteiger partial charge in [0.05, 0.1) is 7.11 Å². The first-order chi connectivity index (χ1) is 9.79. The summed E-state index contributed by atoms with van der Waals surface area (Å²) in [6.07, 6.45) is -6.75. The zero-order chi connectivity index (χ0) is 17.3. The predicted octanol–water partition coefficient (Wildman–Crippen LogP) is 5.46. The highest BCUT2D eigenvalue weighted by molar-refractivity contribution is 6.74. The molecule has 1 rings (SSSR count). The number of halogens is 4. The molecule has 1 unspecified atom stereocenters. The summed E-state index contributed by atoms with van der Waals surface area (Å²) < 4.78 is 64.1. The van der Waals surface area contributed by atoms with Crippen LogP contribution in [0.5, 0.6) is 5.75 Å². The molecule has 0 fully saturated rings. The van der Waals surface area contributed by atoms with E-state index in [0.29, 0.717) is 0 Å². The van der Waals surface area contributed by atoms with Crippen molar-refractivity contribution in [3.63, 3.8) is 0 Å². The number of methoxy groups -OCH3 is 1. The van der Waals surface area contributed by atoms with Crippen molar-refractivity contribution in [2.45, 2.75) is 51.2 Å². The molecule has 126 valence electrons. The third-order valence-electron chi connectivity index (χ3n) is 3.99. The molecule has 1 atom stereocenters. The van der Waals surface area contributed by atoms with Crippen molar-refractivity contribution in [3.8, 4) is 5.75 Å². The molecule has 0 heterocycles. The molecule has 0 amide bonds. The molecule has 2 nitrogen and oxygen atoms in total. The molecule has 1 aromatic carbocycles. The summed E-state index contributed by atoms with van der Waals surface area (Å²) in [6, 6.07) is 2.98. The van der Waals surface area contributed by atoms with E-state index in [1.165, 1.54) is 7.11 Å². The number of benzene rings is 1. The highest BCUT2D eigenvalue weighted by Gasteiger charge is 2.49. The molecule has 7 heteroatoms. The lowest BCUT2D eigenvalue weighted by atomic mass is 10.1. The quantitative estimate of drug-likeness (QED) is 0.536. The minimum absolute atomic E-state index is 0.166. The first-order valence-electron chi connectivity index (χ1n) is 6.87. The average Bonchev–Trinajstić information content (AvgIpc) is 2.33. The zero-order valence-corrected chi connectivity index (χ0v) is 14.6. The molecular formula is C15H22F4O2Si. The van der Waals surface area contributed by atoms with E-state index in [0.717, 1.165) is 18.2 Å². The molecule has 0 saturated heterocycles. The van der Waals surface area contributed by atoms with Crippen molar-refractivity contribution in [2.24, 2.45) is 0 Å². The first-order valence-corrected chi connectivity index (χ1v) is 9.78. The highest BCUT2D eigenvalue weighted by atomic mass is 28.4. The van der Waals surface area contributed by atoms with Gasteiger partial charge in [0.25, 0.3) is 0 Å². The molecule has 0 spiro atoms. The van der Waals surface area contributed by atoms with Crippen LogP contribution in [0.1, 0.15) is 32.4 Å². The lowest BCUT2D eigenvalue weighted by Crippen LogP contribution is -2.44. The van der Waals surface area contributed by atoms with E-state index in [-0.39, 0.29) is 16.4 Å². The Kier molecular flexibility index (Phi) is 5.34. The fourth-order valence-electron chi connectivity index (χ4n) is 1.68. The third-order valence-corrected chi connectivity index (χ3v) is 8.43. The lowest BCUT2D eigenvalue weighted by molar-refractivity contribution is -0.201. The molecular weight excluding hydrogens is 316 g/mol. The van der Waals surface area contributed by atoms with Gasteiger partial charge in [-0.1, -0.05) is 20.8 Å². The van der Waals surface area contributed by atoms with E-state index in [2.05, 4.69) is 0 Å². The van der Waals surface area contributed by atoms with Crippen LogP contribution >= 0.6 is 0 Å². The molecule has 0 radical (unpaired) electrons. The van der Waals surface area contributed by atoms with Gasteiger partial charge in [-0.05, 0) is 30.3 Å². The maximum absolute atomic E-state index is 13.5. The van der Waals surface area contributed by atoms with Gasteiger partial charge in [0, 0.05) is 11.6 Å². The van der Waals surface area contributed by atoms with Crippen LogP contribution in [-0.4, -0.2) is 21.6 Å². The summed E-state index contributed by atoms with van der Waals surface area (Å²) in [5, 5.41) is -0.385. The number of hydrogen-bond donors (Lipinski definition) is 0. The monoisotopic (exact) mass is 338 g/mol. The second-order valence-electron chi connectivity index (χ2n) is 6.69. The van der Waals surface area contributed by atoms with E-state index < -0.39 is 26.4 Å². The largest absolute Gasteiger partial charge is 0.496 e. The van der Waals surface area contributed by atoms with Crippen molar-refractivity contribution < 1.29 is 26.7 Å². The van der Waals surface area contributed by atoms with Gasteiger partial charge >= 0.3 is 6.18 Å². The van der Waals surface area contributed by atoms with Crippen LogP contribution in [0.3, 0.4) is 0 Å². The number of rotatable bonds is 4. The van der Waals surface area contributed by atoms with E-state index in [1.54, 1.807) is 13.1 Å². The second-order valence-corrected chi connectivity index (χ2v) is 11.4. The Labute approximate surface area is 129 Å². The average molecular weight is 338 g/mol. The van der Waals surface area contributed by atoms with E-state index in [9.17, 15) is 17.6 Å². The summed E-state index contributed by atoms with van der Waals surface area (Å²) in [5.41, 5.74) is -0.207. The van der Waals surface area contributed by atoms with Gasteiger partial charge in [-0.25, -0.2) is 4.39 Å². The fraction of sp³-hybridized carbons (Fsp3) is 0.600. The molecule has 22 heavy (non-hydrogen) atoms. The molecule has 0 aliphatic carbocycles. The minimum atomic E-state index is -4.61. The SMILES string of the molecule is COc1cc(F)ccc1C(O[Si](C)(C)C(C)(C)C)C(F)(F)F. The Balaban J connectivity index is 3.33. The second kappa shape index (κ2) is 6.20. The van der Waals surface area contributed by atoms with Crippen LogP contribution in [0.4, 0.5) is 17.6 Å². The van der Waals surface area contributed by atoms with Crippen LogP contribution in [0.15, 0.2) is 18.2 Å². The van der Waals surface area contributed by atoms with Gasteiger partial charge in [0.1, 0.15) is 11.6 Å². The lowest BCUT2D eigenvalue weighted by Gasteiger charge is -2.40. The molecule has 0 bridgehead atoms. The molecule has 0 saturated carbocycles.